The molecule has 1 N–H and O–H groups in total. The lowest BCUT2D eigenvalue weighted by Crippen LogP contribution is -2.39. The molecule has 1 saturated heterocycles. The van der Waals surface area contributed by atoms with Crippen LogP contribution in [0, 0.1) is 5.92 Å². The maximum atomic E-state index is 5.93. The SMILES string of the molecule is CCC1CCNC(Cc2ccc(Cl)s2)C1. The Labute approximate surface area is 101 Å². The highest BCUT2D eigenvalue weighted by molar-refractivity contribution is 7.16. The van der Waals surface area contributed by atoms with E-state index < -0.39 is 0 Å². The number of hydrogen-bond acceptors (Lipinski definition) is 2. The quantitative estimate of drug-likeness (QED) is 0.853. The second kappa shape index (κ2) is 5.33. The van der Waals surface area contributed by atoms with E-state index in [2.05, 4.69) is 18.3 Å². The third kappa shape index (κ3) is 3.20. The summed E-state index contributed by atoms with van der Waals surface area (Å²) in [5, 5.41) is 3.60. The van der Waals surface area contributed by atoms with Crippen molar-refractivity contribution in [2.24, 2.45) is 5.92 Å². The summed E-state index contributed by atoms with van der Waals surface area (Å²) in [5.74, 6) is 0.923. The number of rotatable bonds is 3. The molecule has 3 heteroatoms. The molecule has 0 radical (unpaired) electrons. The molecule has 0 aliphatic carbocycles. The van der Waals surface area contributed by atoms with Crippen molar-refractivity contribution in [1.82, 2.24) is 5.32 Å². The molecular weight excluding hydrogens is 226 g/mol. The molecule has 2 atom stereocenters. The van der Waals surface area contributed by atoms with Gasteiger partial charge in [-0.2, -0.15) is 0 Å². The van der Waals surface area contributed by atoms with Crippen molar-refractivity contribution >= 4 is 22.9 Å². The van der Waals surface area contributed by atoms with E-state index in [4.69, 9.17) is 11.6 Å². The Bertz CT molecular complexity index is 310. The highest BCUT2D eigenvalue weighted by atomic mass is 35.5. The molecule has 1 nitrogen and oxygen atoms in total. The van der Waals surface area contributed by atoms with Gasteiger partial charge in [-0.1, -0.05) is 24.9 Å². The van der Waals surface area contributed by atoms with Gasteiger partial charge < -0.3 is 5.32 Å². The third-order valence-electron chi connectivity index (χ3n) is 3.26. The Balaban J connectivity index is 1.88. The summed E-state index contributed by atoms with van der Waals surface area (Å²) in [6.07, 6.45) is 5.14. The second-order valence-electron chi connectivity index (χ2n) is 4.36. The molecule has 0 amide bonds. The van der Waals surface area contributed by atoms with E-state index in [0.29, 0.717) is 6.04 Å². The zero-order valence-corrected chi connectivity index (χ0v) is 10.7. The van der Waals surface area contributed by atoms with E-state index in [9.17, 15) is 0 Å². The molecule has 0 aromatic carbocycles. The summed E-state index contributed by atoms with van der Waals surface area (Å²) >= 11 is 7.65. The summed E-state index contributed by atoms with van der Waals surface area (Å²) in [6, 6.07) is 4.82. The van der Waals surface area contributed by atoms with Crippen LogP contribution in [-0.4, -0.2) is 12.6 Å². The van der Waals surface area contributed by atoms with E-state index >= 15 is 0 Å². The van der Waals surface area contributed by atoms with Crippen LogP contribution in [0.15, 0.2) is 12.1 Å². The van der Waals surface area contributed by atoms with Gasteiger partial charge in [0.15, 0.2) is 0 Å². The smallest absolute Gasteiger partial charge is 0.0931 e. The third-order valence-corrected chi connectivity index (χ3v) is 4.51. The molecule has 84 valence electrons. The minimum Gasteiger partial charge on any atom is -0.314 e. The monoisotopic (exact) mass is 243 g/mol. The van der Waals surface area contributed by atoms with Crippen LogP contribution in [0.25, 0.3) is 0 Å². The lowest BCUT2D eigenvalue weighted by molar-refractivity contribution is 0.295. The minimum absolute atomic E-state index is 0.665. The number of piperidine rings is 1. The Morgan fingerprint density at radius 1 is 1.53 bits per heavy atom. The van der Waals surface area contributed by atoms with Crippen LogP contribution in [0.4, 0.5) is 0 Å². The fourth-order valence-electron chi connectivity index (χ4n) is 2.33. The van der Waals surface area contributed by atoms with Gasteiger partial charge in [0.1, 0.15) is 0 Å². The van der Waals surface area contributed by atoms with Gasteiger partial charge >= 0.3 is 0 Å². The Morgan fingerprint density at radius 2 is 2.40 bits per heavy atom. The van der Waals surface area contributed by atoms with Crippen molar-refractivity contribution in [1.29, 1.82) is 0 Å². The van der Waals surface area contributed by atoms with E-state index in [1.807, 2.05) is 6.07 Å². The van der Waals surface area contributed by atoms with Crippen molar-refractivity contribution in [3.05, 3.63) is 21.3 Å². The summed E-state index contributed by atoms with van der Waals surface area (Å²) < 4.78 is 0.910. The van der Waals surface area contributed by atoms with E-state index in [0.717, 1.165) is 16.7 Å². The summed E-state index contributed by atoms with van der Waals surface area (Å²) in [5.41, 5.74) is 0. The van der Waals surface area contributed by atoms with E-state index in [1.165, 1.54) is 30.7 Å². The van der Waals surface area contributed by atoms with Crippen LogP contribution in [-0.2, 0) is 6.42 Å². The van der Waals surface area contributed by atoms with Crippen LogP contribution >= 0.6 is 22.9 Å². The molecule has 15 heavy (non-hydrogen) atoms. The number of hydrogen-bond donors (Lipinski definition) is 1. The van der Waals surface area contributed by atoms with Crippen LogP contribution in [0.2, 0.25) is 4.34 Å². The summed E-state index contributed by atoms with van der Waals surface area (Å²) in [6.45, 7) is 3.48. The first-order valence-electron chi connectivity index (χ1n) is 5.75. The molecule has 1 aliphatic rings. The second-order valence-corrected chi connectivity index (χ2v) is 6.16. The number of thiophene rings is 1. The van der Waals surface area contributed by atoms with Crippen LogP contribution < -0.4 is 5.32 Å². The normalized spacial score (nSPS) is 26.8. The molecule has 0 saturated carbocycles. The molecule has 0 spiro atoms. The van der Waals surface area contributed by atoms with Crippen LogP contribution in [0.5, 0.6) is 0 Å². The fourth-order valence-corrected chi connectivity index (χ4v) is 3.49. The first-order valence-corrected chi connectivity index (χ1v) is 6.95. The van der Waals surface area contributed by atoms with Crippen molar-refractivity contribution in [2.45, 2.75) is 38.6 Å². The van der Waals surface area contributed by atoms with Gasteiger partial charge in [-0.05, 0) is 43.9 Å². The van der Waals surface area contributed by atoms with Gasteiger partial charge in [-0.3, -0.25) is 0 Å². The topological polar surface area (TPSA) is 12.0 Å². The van der Waals surface area contributed by atoms with E-state index in [1.54, 1.807) is 11.3 Å². The maximum absolute atomic E-state index is 5.93. The zero-order valence-electron chi connectivity index (χ0n) is 9.13. The summed E-state index contributed by atoms with van der Waals surface area (Å²) in [4.78, 5) is 1.41. The summed E-state index contributed by atoms with van der Waals surface area (Å²) in [7, 11) is 0. The van der Waals surface area contributed by atoms with Crippen molar-refractivity contribution in [3.63, 3.8) is 0 Å². The molecule has 1 fully saturated rings. The highest BCUT2D eigenvalue weighted by Gasteiger charge is 2.20. The van der Waals surface area contributed by atoms with Gasteiger partial charge in [0, 0.05) is 10.9 Å². The van der Waals surface area contributed by atoms with Crippen molar-refractivity contribution < 1.29 is 0 Å². The Kier molecular flexibility index (Phi) is 4.06. The molecule has 0 bridgehead atoms. The largest absolute Gasteiger partial charge is 0.314 e. The fraction of sp³-hybridized carbons (Fsp3) is 0.667. The van der Waals surface area contributed by atoms with Crippen LogP contribution in [0.3, 0.4) is 0 Å². The van der Waals surface area contributed by atoms with Gasteiger partial charge in [-0.15, -0.1) is 11.3 Å². The molecule has 1 aliphatic heterocycles. The molecule has 2 rings (SSSR count). The van der Waals surface area contributed by atoms with E-state index in [-0.39, 0.29) is 0 Å². The zero-order chi connectivity index (χ0) is 10.7. The molecule has 1 aromatic rings. The standard InChI is InChI=1S/C12H18ClNS/c1-2-9-5-6-14-10(7-9)8-11-3-4-12(13)15-11/h3-4,9-10,14H,2,5-8H2,1H3. The van der Waals surface area contributed by atoms with Gasteiger partial charge in [0.2, 0.25) is 0 Å². The number of halogens is 1. The Morgan fingerprint density at radius 3 is 3.07 bits per heavy atom. The molecule has 2 unspecified atom stereocenters. The predicted molar refractivity (Wildman–Crippen MR) is 67.8 cm³/mol. The van der Waals surface area contributed by atoms with Gasteiger partial charge in [0.05, 0.1) is 4.34 Å². The van der Waals surface area contributed by atoms with Crippen molar-refractivity contribution in [2.75, 3.05) is 6.54 Å². The van der Waals surface area contributed by atoms with Crippen LogP contribution in [0.1, 0.15) is 31.1 Å². The highest BCUT2D eigenvalue weighted by Crippen LogP contribution is 2.26. The minimum atomic E-state index is 0.665. The molecular formula is C12H18ClNS. The van der Waals surface area contributed by atoms with Gasteiger partial charge in [-0.25, -0.2) is 0 Å². The first kappa shape index (κ1) is 11.4. The van der Waals surface area contributed by atoms with Crippen molar-refractivity contribution in [3.8, 4) is 0 Å². The maximum Gasteiger partial charge on any atom is 0.0931 e. The average molecular weight is 244 g/mol. The number of nitrogens with one attached hydrogen (secondary N) is 1. The average Bonchev–Trinajstić information content (AvgIpc) is 2.64. The lowest BCUT2D eigenvalue weighted by Gasteiger charge is -2.29. The first-order chi connectivity index (χ1) is 7.28. The van der Waals surface area contributed by atoms with Gasteiger partial charge in [0.25, 0.3) is 0 Å². The Hall–Kier alpha value is -0.0500. The molecule has 1 aromatic heterocycles. The predicted octanol–water partition coefficient (Wildman–Crippen LogP) is 3.72. The molecule has 2 heterocycles. The lowest BCUT2D eigenvalue weighted by atomic mass is 9.89.